The van der Waals surface area contributed by atoms with Gasteiger partial charge in [0.15, 0.2) is 0 Å². The molecular formula is C10H13BrClNO3S. The van der Waals surface area contributed by atoms with Gasteiger partial charge in [-0.15, -0.1) is 0 Å². The van der Waals surface area contributed by atoms with Gasteiger partial charge in [0.2, 0.25) is 10.0 Å². The molecule has 0 aliphatic carbocycles. The minimum absolute atomic E-state index is 0.0351. The van der Waals surface area contributed by atoms with E-state index in [1.807, 2.05) is 0 Å². The minimum atomic E-state index is -3.62. The maximum Gasteiger partial charge on any atom is 0.242 e. The molecule has 0 saturated heterocycles. The first-order valence-electron chi connectivity index (χ1n) is 4.95. The van der Waals surface area contributed by atoms with Gasteiger partial charge >= 0.3 is 0 Å². The summed E-state index contributed by atoms with van der Waals surface area (Å²) in [6, 6.07) is 4.55. The standard InChI is InChI=1S/C10H13BrClNO3S/c1-7(14)4-5-13-17(15,16)10-3-2-8(11)6-9(10)12/h2-3,6-7,13-14H,4-5H2,1H3. The quantitative estimate of drug-likeness (QED) is 0.861. The van der Waals surface area contributed by atoms with Gasteiger partial charge in [0.1, 0.15) is 4.90 Å². The fourth-order valence-electron chi connectivity index (χ4n) is 1.17. The molecule has 96 valence electrons. The lowest BCUT2D eigenvalue weighted by Gasteiger charge is -2.09. The van der Waals surface area contributed by atoms with Crippen molar-refractivity contribution < 1.29 is 13.5 Å². The van der Waals surface area contributed by atoms with Crippen molar-refractivity contribution in [3.05, 3.63) is 27.7 Å². The molecule has 0 radical (unpaired) electrons. The highest BCUT2D eigenvalue weighted by molar-refractivity contribution is 9.10. The third-order valence-electron chi connectivity index (χ3n) is 2.04. The van der Waals surface area contributed by atoms with Crippen LogP contribution in [0.5, 0.6) is 0 Å². The zero-order valence-corrected chi connectivity index (χ0v) is 12.3. The van der Waals surface area contributed by atoms with Crippen LogP contribution in [0.2, 0.25) is 5.02 Å². The number of hydrogen-bond acceptors (Lipinski definition) is 3. The first-order valence-corrected chi connectivity index (χ1v) is 7.61. The molecule has 7 heteroatoms. The highest BCUT2D eigenvalue weighted by Crippen LogP contribution is 2.24. The number of halogens is 2. The summed E-state index contributed by atoms with van der Waals surface area (Å²) in [5.74, 6) is 0. The molecule has 0 fully saturated rings. The van der Waals surface area contributed by atoms with Gasteiger partial charge in [-0.1, -0.05) is 27.5 Å². The third-order valence-corrected chi connectivity index (χ3v) is 4.47. The molecule has 0 spiro atoms. The summed E-state index contributed by atoms with van der Waals surface area (Å²) in [5, 5.41) is 9.20. The fourth-order valence-corrected chi connectivity index (χ4v) is 3.26. The second-order valence-corrected chi connectivity index (χ2v) is 6.67. The Morgan fingerprint density at radius 3 is 2.71 bits per heavy atom. The second kappa shape index (κ2) is 6.15. The van der Waals surface area contributed by atoms with Crippen LogP contribution in [0, 0.1) is 0 Å². The van der Waals surface area contributed by atoms with Gasteiger partial charge in [-0.3, -0.25) is 0 Å². The molecule has 1 aromatic rings. The lowest BCUT2D eigenvalue weighted by molar-refractivity contribution is 0.186. The van der Waals surface area contributed by atoms with E-state index in [2.05, 4.69) is 20.7 Å². The lowest BCUT2D eigenvalue weighted by atomic mass is 10.3. The summed E-state index contributed by atoms with van der Waals surface area (Å²) in [4.78, 5) is 0.0351. The second-order valence-electron chi connectivity index (χ2n) is 3.61. The fraction of sp³-hybridized carbons (Fsp3) is 0.400. The first-order chi connectivity index (χ1) is 7.83. The van der Waals surface area contributed by atoms with Crippen molar-refractivity contribution in [1.29, 1.82) is 0 Å². The molecule has 17 heavy (non-hydrogen) atoms. The van der Waals surface area contributed by atoms with Crippen LogP contribution in [0.4, 0.5) is 0 Å². The van der Waals surface area contributed by atoms with Crippen LogP contribution >= 0.6 is 27.5 Å². The van der Waals surface area contributed by atoms with Gasteiger partial charge in [-0.2, -0.15) is 0 Å². The zero-order valence-electron chi connectivity index (χ0n) is 9.15. The van der Waals surface area contributed by atoms with E-state index in [0.717, 1.165) is 0 Å². The predicted molar refractivity (Wildman–Crippen MR) is 70.6 cm³/mol. The van der Waals surface area contributed by atoms with E-state index in [9.17, 15) is 8.42 Å². The largest absolute Gasteiger partial charge is 0.393 e. The Bertz CT molecular complexity index is 490. The highest BCUT2D eigenvalue weighted by atomic mass is 79.9. The van der Waals surface area contributed by atoms with Crippen molar-refractivity contribution in [2.45, 2.75) is 24.3 Å². The Morgan fingerprint density at radius 2 is 2.18 bits per heavy atom. The highest BCUT2D eigenvalue weighted by Gasteiger charge is 2.17. The molecule has 0 heterocycles. The van der Waals surface area contributed by atoms with Gasteiger partial charge in [0.25, 0.3) is 0 Å². The summed E-state index contributed by atoms with van der Waals surface area (Å²) in [6.45, 7) is 1.77. The summed E-state index contributed by atoms with van der Waals surface area (Å²) in [7, 11) is -3.62. The van der Waals surface area contributed by atoms with Crippen molar-refractivity contribution in [2.75, 3.05) is 6.54 Å². The van der Waals surface area contributed by atoms with Crippen LogP contribution < -0.4 is 4.72 Å². The molecule has 0 aliphatic rings. The van der Waals surface area contributed by atoms with E-state index >= 15 is 0 Å². The number of nitrogens with one attached hydrogen (secondary N) is 1. The minimum Gasteiger partial charge on any atom is -0.393 e. The Labute approximate surface area is 114 Å². The van der Waals surface area contributed by atoms with Gasteiger partial charge in [-0.25, -0.2) is 13.1 Å². The van der Waals surface area contributed by atoms with Crippen LogP contribution in [0.15, 0.2) is 27.6 Å². The Hall–Kier alpha value is -0.140. The van der Waals surface area contributed by atoms with Crippen LogP contribution in [0.3, 0.4) is 0 Å². The molecule has 0 aliphatic heterocycles. The first kappa shape index (κ1) is 14.9. The summed E-state index contributed by atoms with van der Waals surface area (Å²) in [6.07, 6.45) is -0.189. The maximum atomic E-state index is 11.9. The summed E-state index contributed by atoms with van der Waals surface area (Å²) >= 11 is 9.06. The van der Waals surface area contributed by atoms with Gasteiger partial charge in [0, 0.05) is 11.0 Å². The van der Waals surface area contributed by atoms with E-state index in [1.165, 1.54) is 12.1 Å². The number of benzene rings is 1. The summed E-state index contributed by atoms with van der Waals surface area (Å²) in [5.41, 5.74) is 0. The molecule has 1 rings (SSSR count). The Kier molecular flexibility index (Phi) is 5.40. The van der Waals surface area contributed by atoms with E-state index in [1.54, 1.807) is 13.0 Å². The van der Waals surface area contributed by atoms with Crippen LogP contribution in [-0.2, 0) is 10.0 Å². The van der Waals surface area contributed by atoms with Crippen LogP contribution in [-0.4, -0.2) is 26.2 Å². The molecule has 2 N–H and O–H groups in total. The number of aliphatic hydroxyl groups excluding tert-OH is 1. The van der Waals surface area contributed by atoms with Gasteiger partial charge in [0.05, 0.1) is 11.1 Å². The average molecular weight is 343 g/mol. The van der Waals surface area contributed by atoms with Crippen molar-refractivity contribution >= 4 is 37.6 Å². The Morgan fingerprint density at radius 1 is 1.53 bits per heavy atom. The van der Waals surface area contributed by atoms with Crippen molar-refractivity contribution in [1.82, 2.24) is 4.72 Å². The third kappa shape index (κ3) is 4.56. The van der Waals surface area contributed by atoms with Crippen molar-refractivity contribution in [2.24, 2.45) is 0 Å². The van der Waals surface area contributed by atoms with Crippen molar-refractivity contribution in [3.8, 4) is 0 Å². The van der Waals surface area contributed by atoms with E-state index < -0.39 is 16.1 Å². The average Bonchev–Trinajstić information content (AvgIpc) is 2.15. The predicted octanol–water partition coefficient (Wildman–Crippen LogP) is 2.15. The number of rotatable bonds is 5. The van der Waals surface area contributed by atoms with Crippen LogP contribution in [0.25, 0.3) is 0 Å². The zero-order chi connectivity index (χ0) is 13.1. The van der Waals surface area contributed by atoms with Gasteiger partial charge in [-0.05, 0) is 31.5 Å². The SMILES string of the molecule is CC(O)CCNS(=O)(=O)c1ccc(Br)cc1Cl. The molecular weight excluding hydrogens is 330 g/mol. The molecule has 0 aromatic heterocycles. The maximum absolute atomic E-state index is 11.9. The number of aliphatic hydroxyl groups is 1. The molecule has 1 aromatic carbocycles. The molecule has 1 atom stereocenters. The van der Waals surface area contributed by atoms with E-state index in [4.69, 9.17) is 16.7 Å². The summed E-state index contributed by atoms with van der Waals surface area (Å²) < 4.78 is 26.8. The molecule has 1 unspecified atom stereocenters. The van der Waals surface area contributed by atoms with Gasteiger partial charge < -0.3 is 5.11 Å². The smallest absolute Gasteiger partial charge is 0.242 e. The molecule has 0 amide bonds. The topological polar surface area (TPSA) is 66.4 Å². The number of sulfonamides is 1. The molecule has 4 nitrogen and oxygen atoms in total. The monoisotopic (exact) mass is 341 g/mol. The number of hydrogen-bond donors (Lipinski definition) is 2. The normalized spacial score (nSPS) is 13.6. The van der Waals surface area contributed by atoms with E-state index in [0.29, 0.717) is 10.9 Å². The van der Waals surface area contributed by atoms with Crippen molar-refractivity contribution in [3.63, 3.8) is 0 Å². The van der Waals surface area contributed by atoms with E-state index in [-0.39, 0.29) is 16.5 Å². The Balaban J connectivity index is 2.83. The molecule has 0 saturated carbocycles. The lowest BCUT2D eigenvalue weighted by Crippen LogP contribution is -2.27. The van der Waals surface area contributed by atoms with Crippen LogP contribution in [0.1, 0.15) is 13.3 Å². The molecule has 0 bridgehead atoms.